The van der Waals surface area contributed by atoms with Crippen molar-refractivity contribution in [2.45, 2.75) is 168 Å². The molecule has 0 aliphatic rings. The predicted molar refractivity (Wildman–Crippen MR) is 171 cm³/mol. The maximum atomic E-state index is 6.10. The van der Waals surface area contributed by atoms with E-state index in [9.17, 15) is 0 Å². The zero-order chi connectivity index (χ0) is 27.6. The normalized spacial score (nSPS) is 11.4. The van der Waals surface area contributed by atoms with E-state index < -0.39 is 0 Å². The summed E-state index contributed by atoms with van der Waals surface area (Å²) in [7, 11) is 0. The van der Waals surface area contributed by atoms with Crippen molar-refractivity contribution in [3.05, 3.63) is 12.1 Å². The average Bonchev–Trinajstić information content (AvgIpc) is 3.45. The Balaban J connectivity index is 1.48. The number of aromatic nitrogens is 2. The van der Waals surface area contributed by atoms with Crippen LogP contribution in [0.1, 0.15) is 168 Å². The van der Waals surface area contributed by atoms with Crippen LogP contribution >= 0.6 is 11.7 Å². The number of nitrogens with zero attached hydrogens (tertiary/aromatic N) is 2. The van der Waals surface area contributed by atoms with Gasteiger partial charge in [0.25, 0.3) is 0 Å². The van der Waals surface area contributed by atoms with Crippen molar-refractivity contribution in [2.75, 3.05) is 13.2 Å². The Labute approximate surface area is 245 Å². The van der Waals surface area contributed by atoms with Crippen molar-refractivity contribution in [1.82, 2.24) is 8.75 Å². The molecule has 0 saturated heterocycles. The van der Waals surface area contributed by atoms with Gasteiger partial charge >= 0.3 is 0 Å². The van der Waals surface area contributed by atoms with Gasteiger partial charge in [-0.2, -0.15) is 8.75 Å². The average molecular weight is 561 g/mol. The second-order valence-corrected chi connectivity index (χ2v) is 12.0. The van der Waals surface area contributed by atoms with Gasteiger partial charge in [0, 0.05) is 0 Å². The van der Waals surface area contributed by atoms with E-state index in [0.717, 1.165) is 48.6 Å². The van der Waals surface area contributed by atoms with E-state index in [2.05, 4.69) is 22.6 Å². The largest absolute Gasteiger partial charge is 0.491 e. The molecule has 0 amide bonds. The summed E-state index contributed by atoms with van der Waals surface area (Å²) in [6.45, 7) is 6.08. The minimum Gasteiger partial charge on any atom is -0.491 e. The van der Waals surface area contributed by atoms with Crippen molar-refractivity contribution in [3.8, 4) is 11.5 Å². The lowest BCUT2D eigenvalue weighted by molar-refractivity contribution is 0.300. The Hall–Kier alpha value is -1.36. The molecule has 224 valence electrons. The third kappa shape index (κ3) is 16.5. The Morgan fingerprint density at radius 2 is 0.718 bits per heavy atom. The van der Waals surface area contributed by atoms with Crippen LogP contribution in [0.5, 0.6) is 11.5 Å². The van der Waals surface area contributed by atoms with Crippen molar-refractivity contribution in [1.29, 1.82) is 0 Å². The number of rotatable bonds is 28. The molecule has 0 aliphatic heterocycles. The second kappa shape index (κ2) is 24.4. The van der Waals surface area contributed by atoms with E-state index in [1.54, 1.807) is 0 Å². The molecule has 4 nitrogen and oxygen atoms in total. The smallest absolute Gasteiger partial charge is 0.150 e. The van der Waals surface area contributed by atoms with Gasteiger partial charge < -0.3 is 9.47 Å². The topological polar surface area (TPSA) is 44.2 Å². The SMILES string of the molecule is CCCCCCCCCCCCCCOc1ccc(OCCCCCCCCCCCCCC)c2nsnc12. The van der Waals surface area contributed by atoms with Crippen molar-refractivity contribution in [2.24, 2.45) is 0 Å². The Morgan fingerprint density at radius 1 is 0.436 bits per heavy atom. The molecule has 0 radical (unpaired) electrons. The first-order valence-electron chi connectivity index (χ1n) is 16.9. The molecule has 0 fully saturated rings. The van der Waals surface area contributed by atoms with Crippen LogP contribution in [0.25, 0.3) is 11.0 Å². The van der Waals surface area contributed by atoms with Crippen LogP contribution in [0, 0.1) is 0 Å². The van der Waals surface area contributed by atoms with Crippen LogP contribution in [-0.4, -0.2) is 22.0 Å². The Bertz CT molecular complexity index is 746. The van der Waals surface area contributed by atoms with Gasteiger partial charge in [0.15, 0.2) is 0 Å². The summed E-state index contributed by atoms with van der Waals surface area (Å²) in [5.41, 5.74) is 1.71. The maximum Gasteiger partial charge on any atom is 0.150 e. The fourth-order valence-electron chi connectivity index (χ4n) is 5.30. The molecular formula is C34H60N2O2S. The zero-order valence-electron chi connectivity index (χ0n) is 25.7. The van der Waals surface area contributed by atoms with Gasteiger partial charge in [0.05, 0.1) is 24.9 Å². The Kier molecular flexibility index (Phi) is 21.2. The number of hydrogen-bond donors (Lipinski definition) is 0. The minimum atomic E-state index is 0.753. The molecule has 0 unspecified atom stereocenters. The number of fused-ring (bicyclic) bond motifs is 1. The summed E-state index contributed by atoms with van der Waals surface area (Å²) < 4.78 is 21.2. The fraction of sp³-hybridized carbons (Fsp3) is 0.824. The van der Waals surface area contributed by atoms with Crippen LogP contribution < -0.4 is 9.47 Å². The van der Waals surface area contributed by atoms with E-state index in [-0.39, 0.29) is 0 Å². The highest BCUT2D eigenvalue weighted by molar-refractivity contribution is 7.00. The first-order chi connectivity index (χ1) is 19.4. The highest BCUT2D eigenvalue weighted by Gasteiger charge is 2.12. The molecule has 0 saturated carbocycles. The third-order valence-electron chi connectivity index (χ3n) is 7.85. The van der Waals surface area contributed by atoms with Gasteiger partial charge in [-0.25, -0.2) is 0 Å². The fourth-order valence-corrected chi connectivity index (χ4v) is 5.86. The molecule has 2 aromatic rings. The van der Waals surface area contributed by atoms with E-state index in [1.165, 1.54) is 153 Å². The third-order valence-corrected chi connectivity index (χ3v) is 8.38. The molecule has 0 spiro atoms. The molecule has 5 heteroatoms. The van der Waals surface area contributed by atoms with E-state index in [1.807, 2.05) is 12.1 Å². The first-order valence-corrected chi connectivity index (χ1v) is 17.6. The Morgan fingerprint density at radius 3 is 1.03 bits per heavy atom. The number of hydrogen-bond acceptors (Lipinski definition) is 5. The van der Waals surface area contributed by atoms with E-state index in [0.29, 0.717) is 0 Å². The lowest BCUT2D eigenvalue weighted by Crippen LogP contribution is -2.00. The molecule has 0 aliphatic carbocycles. The number of ether oxygens (including phenoxy) is 2. The molecule has 1 heterocycles. The van der Waals surface area contributed by atoms with Crippen LogP contribution in [0.2, 0.25) is 0 Å². The molecule has 1 aromatic carbocycles. The number of benzene rings is 1. The van der Waals surface area contributed by atoms with Crippen LogP contribution in [0.4, 0.5) is 0 Å². The molecule has 2 rings (SSSR count). The summed E-state index contributed by atoms with van der Waals surface area (Å²) in [5.74, 6) is 1.69. The maximum absolute atomic E-state index is 6.10. The quantitative estimate of drug-likeness (QED) is 0.0971. The molecule has 1 aromatic heterocycles. The highest BCUT2D eigenvalue weighted by atomic mass is 32.1. The van der Waals surface area contributed by atoms with Crippen molar-refractivity contribution in [3.63, 3.8) is 0 Å². The van der Waals surface area contributed by atoms with Crippen LogP contribution in [-0.2, 0) is 0 Å². The van der Waals surface area contributed by atoms with E-state index in [4.69, 9.17) is 9.47 Å². The highest BCUT2D eigenvalue weighted by Crippen LogP contribution is 2.32. The zero-order valence-corrected chi connectivity index (χ0v) is 26.5. The molecular weight excluding hydrogens is 500 g/mol. The van der Waals surface area contributed by atoms with Crippen LogP contribution in [0.15, 0.2) is 12.1 Å². The summed E-state index contributed by atoms with van der Waals surface area (Å²) >= 11 is 1.25. The van der Waals surface area contributed by atoms with Crippen molar-refractivity contribution >= 4 is 22.8 Å². The van der Waals surface area contributed by atoms with Gasteiger partial charge in [0.1, 0.15) is 22.5 Å². The van der Waals surface area contributed by atoms with Gasteiger partial charge in [-0.3, -0.25) is 0 Å². The first kappa shape index (κ1) is 33.8. The van der Waals surface area contributed by atoms with Crippen molar-refractivity contribution < 1.29 is 9.47 Å². The van der Waals surface area contributed by atoms with Crippen LogP contribution in [0.3, 0.4) is 0 Å². The van der Waals surface area contributed by atoms with E-state index >= 15 is 0 Å². The standard InChI is InChI=1S/C34H60N2O2S/c1-3-5-7-9-11-13-15-17-19-21-23-25-29-37-31-27-28-32(34-33(31)35-39-36-34)38-30-26-24-22-20-18-16-14-12-10-8-6-4-2/h27-28H,3-26,29-30H2,1-2H3. The predicted octanol–water partition coefficient (Wildman–Crippen LogP) is 11.9. The second-order valence-electron chi connectivity index (χ2n) is 11.5. The summed E-state index contributed by atoms with van der Waals surface area (Å²) in [5, 5.41) is 0. The molecule has 0 N–H and O–H groups in total. The summed E-state index contributed by atoms with van der Waals surface area (Å²) in [6.07, 6.45) is 32.6. The lowest BCUT2D eigenvalue weighted by atomic mass is 10.1. The number of unbranched alkanes of at least 4 members (excludes halogenated alkanes) is 22. The van der Waals surface area contributed by atoms with Gasteiger partial charge in [-0.05, 0) is 25.0 Å². The molecule has 0 bridgehead atoms. The van der Waals surface area contributed by atoms with Gasteiger partial charge in [0.2, 0.25) is 0 Å². The summed E-state index contributed by atoms with van der Waals surface area (Å²) in [6, 6.07) is 4.03. The molecule has 0 atom stereocenters. The van der Waals surface area contributed by atoms with Gasteiger partial charge in [-0.15, -0.1) is 0 Å². The molecule has 39 heavy (non-hydrogen) atoms. The lowest BCUT2D eigenvalue weighted by Gasteiger charge is -2.10. The summed E-state index contributed by atoms with van der Waals surface area (Å²) in [4.78, 5) is 0. The monoisotopic (exact) mass is 560 g/mol. The minimum absolute atomic E-state index is 0.753. The van der Waals surface area contributed by atoms with Gasteiger partial charge in [-0.1, -0.05) is 155 Å².